The fourth-order valence-corrected chi connectivity index (χ4v) is 2.59. The molecule has 0 radical (unpaired) electrons. The van der Waals surface area contributed by atoms with Crippen LogP contribution in [-0.4, -0.2) is 41.1 Å². The van der Waals surface area contributed by atoms with Crippen molar-refractivity contribution in [3.63, 3.8) is 0 Å². The number of hydrogen-bond donors (Lipinski definition) is 2. The van der Waals surface area contributed by atoms with Crippen molar-refractivity contribution in [1.82, 2.24) is 4.90 Å². The Labute approximate surface area is 142 Å². The quantitative estimate of drug-likeness (QED) is 0.358. The van der Waals surface area contributed by atoms with Crippen LogP contribution in [0.25, 0.3) is 0 Å². The van der Waals surface area contributed by atoms with Crippen LogP contribution in [0.2, 0.25) is 0 Å². The van der Waals surface area contributed by atoms with Gasteiger partial charge in [0.25, 0.3) is 0 Å². The first kappa shape index (κ1) is 21.9. The summed E-state index contributed by atoms with van der Waals surface area (Å²) in [5.41, 5.74) is 6.03. The summed E-state index contributed by atoms with van der Waals surface area (Å²) in [4.78, 5) is 13.8. The van der Waals surface area contributed by atoms with E-state index in [0.717, 1.165) is 12.8 Å². The molecule has 0 rings (SSSR count). The van der Waals surface area contributed by atoms with Crippen LogP contribution in [0.1, 0.15) is 64.7 Å². The second-order valence-corrected chi connectivity index (χ2v) is 6.20. The molecule has 0 saturated heterocycles. The number of aliphatic hydroxyl groups excluding tert-OH is 1. The Bertz CT molecular complexity index is 321. The zero-order chi connectivity index (χ0) is 17.5. The van der Waals surface area contributed by atoms with Gasteiger partial charge in [-0.3, -0.25) is 4.79 Å². The Kier molecular flexibility index (Phi) is 13.8. The van der Waals surface area contributed by atoms with Gasteiger partial charge in [0.05, 0.1) is 6.10 Å². The maximum absolute atomic E-state index is 12.1. The van der Waals surface area contributed by atoms with Crippen LogP contribution in [0, 0.1) is 0 Å². The normalized spacial score (nSPS) is 13.3. The molecule has 3 N–H and O–H groups in total. The Hall–Kier alpha value is -1.13. The maximum Gasteiger partial charge on any atom is 0.223 e. The molecule has 0 heterocycles. The second-order valence-electron chi connectivity index (χ2n) is 6.20. The molecular formula is C19H36N2O2. The first-order chi connectivity index (χ1) is 11.1. The smallest absolute Gasteiger partial charge is 0.223 e. The van der Waals surface area contributed by atoms with Gasteiger partial charge in [0.15, 0.2) is 0 Å². The number of hydrogen-bond acceptors (Lipinski definition) is 3. The number of amides is 1. The summed E-state index contributed by atoms with van der Waals surface area (Å²) in [6, 6.07) is -0.235. The monoisotopic (exact) mass is 324 g/mol. The van der Waals surface area contributed by atoms with E-state index in [2.05, 4.69) is 20.1 Å². The highest BCUT2D eigenvalue weighted by atomic mass is 16.3. The van der Waals surface area contributed by atoms with Crippen LogP contribution in [0.3, 0.4) is 0 Å². The first-order valence-electron chi connectivity index (χ1n) is 9.00. The Morgan fingerprint density at radius 3 is 2.22 bits per heavy atom. The third-order valence-electron chi connectivity index (χ3n) is 4.09. The van der Waals surface area contributed by atoms with Crippen LogP contribution in [0.15, 0.2) is 25.3 Å². The van der Waals surface area contributed by atoms with Crippen LogP contribution < -0.4 is 5.73 Å². The molecule has 0 aromatic rings. The van der Waals surface area contributed by atoms with Crippen molar-refractivity contribution < 1.29 is 9.90 Å². The SMILES string of the molecule is C=CCN(CC=C)C(=O)CCC(O)C(N)CCCCCCCC. The summed E-state index contributed by atoms with van der Waals surface area (Å²) in [5, 5.41) is 10.1. The molecule has 0 spiro atoms. The van der Waals surface area contributed by atoms with Gasteiger partial charge in [-0.15, -0.1) is 13.2 Å². The van der Waals surface area contributed by atoms with Gasteiger partial charge in [-0.25, -0.2) is 0 Å². The lowest BCUT2D eigenvalue weighted by Crippen LogP contribution is -2.37. The molecule has 0 aromatic heterocycles. The second kappa shape index (κ2) is 14.5. The van der Waals surface area contributed by atoms with Crippen LogP contribution in [0.5, 0.6) is 0 Å². The Morgan fingerprint density at radius 1 is 1.09 bits per heavy atom. The maximum atomic E-state index is 12.1. The molecule has 0 fully saturated rings. The minimum absolute atomic E-state index is 0.00983. The molecule has 1 amide bonds. The van der Waals surface area contributed by atoms with Crippen LogP contribution >= 0.6 is 0 Å². The molecule has 2 unspecified atom stereocenters. The van der Waals surface area contributed by atoms with Crippen molar-refractivity contribution in [3.05, 3.63) is 25.3 Å². The molecule has 0 aliphatic heterocycles. The van der Waals surface area contributed by atoms with Crippen molar-refractivity contribution >= 4 is 5.91 Å². The van der Waals surface area contributed by atoms with Gasteiger partial charge in [0.1, 0.15) is 0 Å². The fraction of sp³-hybridized carbons (Fsp3) is 0.737. The van der Waals surface area contributed by atoms with E-state index >= 15 is 0 Å². The molecule has 0 saturated carbocycles. The lowest BCUT2D eigenvalue weighted by molar-refractivity contribution is -0.130. The van der Waals surface area contributed by atoms with Gasteiger partial charge in [-0.05, 0) is 12.8 Å². The highest BCUT2D eigenvalue weighted by Crippen LogP contribution is 2.12. The molecule has 4 heteroatoms. The fourth-order valence-electron chi connectivity index (χ4n) is 2.59. The number of nitrogens with two attached hydrogens (primary N) is 1. The van der Waals surface area contributed by atoms with E-state index in [0.29, 0.717) is 25.9 Å². The highest BCUT2D eigenvalue weighted by molar-refractivity contribution is 5.76. The number of carbonyl (C=O) groups is 1. The zero-order valence-electron chi connectivity index (χ0n) is 14.9. The molecule has 134 valence electrons. The highest BCUT2D eigenvalue weighted by Gasteiger charge is 2.18. The van der Waals surface area contributed by atoms with E-state index in [1.807, 2.05) is 0 Å². The molecule has 0 aliphatic rings. The summed E-state index contributed by atoms with van der Waals surface area (Å²) in [5.74, 6) is 0.00983. The van der Waals surface area contributed by atoms with Crippen molar-refractivity contribution in [1.29, 1.82) is 0 Å². The number of rotatable bonds is 15. The lowest BCUT2D eigenvalue weighted by Gasteiger charge is -2.22. The Balaban J connectivity index is 3.92. The molecule has 0 aromatic carbocycles. The molecule has 23 heavy (non-hydrogen) atoms. The molecule has 4 nitrogen and oxygen atoms in total. The van der Waals surface area contributed by atoms with Gasteiger partial charge in [-0.1, -0.05) is 57.6 Å². The van der Waals surface area contributed by atoms with Gasteiger partial charge in [0, 0.05) is 25.6 Å². The van der Waals surface area contributed by atoms with Crippen molar-refractivity contribution in [2.45, 2.75) is 76.9 Å². The summed E-state index contributed by atoms with van der Waals surface area (Å²) >= 11 is 0. The topological polar surface area (TPSA) is 66.6 Å². The van der Waals surface area contributed by atoms with Crippen molar-refractivity contribution in [2.24, 2.45) is 5.73 Å². The van der Waals surface area contributed by atoms with E-state index in [9.17, 15) is 9.90 Å². The number of nitrogens with zero attached hydrogens (tertiary/aromatic N) is 1. The number of unbranched alkanes of at least 4 members (excludes halogenated alkanes) is 5. The van der Waals surface area contributed by atoms with E-state index in [1.54, 1.807) is 17.1 Å². The van der Waals surface area contributed by atoms with Crippen molar-refractivity contribution in [3.8, 4) is 0 Å². The lowest BCUT2D eigenvalue weighted by atomic mass is 9.99. The van der Waals surface area contributed by atoms with Gasteiger partial charge in [0.2, 0.25) is 5.91 Å². The van der Waals surface area contributed by atoms with Gasteiger partial charge in [-0.2, -0.15) is 0 Å². The Morgan fingerprint density at radius 2 is 1.65 bits per heavy atom. The number of carbonyl (C=O) groups excluding carboxylic acids is 1. The van der Waals surface area contributed by atoms with E-state index in [-0.39, 0.29) is 11.9 Å². The van der Waals surface area contributed by atoms with Gasteiger partial charge >= 0.3 is 0 Å². The molecule has 0 aliphatic carbocycles. The molecule has 0 bridgehead atoms. The average Bonchev–Trinajstić information content (AvgIpc) is 2.55. The first-order valence-corrected chi connectivity index (χ1v) is 9.00. The van der Waals surface area contributed by atoms with Gasteiger partial charge < -0.3 is 15.7 Å². The predicted molar refractivity (Wildman–Crippen MR) is 98.2 cm³/mol. The standard InChI is InChI=1S/C19H36N2O2/c1-4-7-8-9-10-11-12-17(20)18(22)13-14-19(23)21(15-5-2)16-6-3/h5-6,17-18,22H,2-4,7-16,20H2,1H3. The summed E-state index contributed by atoms with van der Waals surface area (Å²) < 4.78 is 0. The third kappa shape index (κ3) is 11.1. The molecular weight excluding hydrogens is 288 g/mol. The largest absolute Gasteiger partial charge is 0.391 e. The summed E-state index contributed by atoms with van der Waals surface area (Å²) in [6.07, 6.45) is 11.6. The number of aliphatic hydroxyl groups is 1. The van der Waals surface area contributed by atoms with Crippen LogP contribution in [0.4, 0.5) is 0 Å². The summed E-state index contributed by atoms with van der Waals surface area (Å²) in [7, 11) is 0. The van der Waals surface area contributed by atoms with Crippen LogP contribution in [-0.2, 0) is 4.79 Å². The minimum Gasteiger partial charge on any atom is -0.391 e. The summed E-state index contributed by atoms with van der Waals surface area (Å²) in [6.45, 7) is 10.5. The van der Waals surface area contributed by atoms with E-state index in [1.165, 1.54) is 32.1 Å². The van der Waals surface area contributed by atoms with E-state index in [4.69, 9.17) is 5.73 Å². The average molecular weight is 325 g/mol. The third-order valence-corrected chi connectivity index (χ3v) is 4.09. The van der Waals surface area contributed by atoms with Crippen molar-refractivity contribution in [2.75, 3.05) is 13.1 Å². The zero-order valence-corrected chi connectivity index (χ0v) is 14.9. The van der Waals surface area contributed by atoms with E-state index < -0.39 is 6.10 Å². The molecule has 2 atom stereocenters. The predicted octanol–water partition coefficient (Wildman–Crippen LogP) is 3.41. The minimum atomic E-state index is -0.607.